The van der Waals surface area contributed by atoms with Gasteiger partial charge in [-0.3, -0.25) is 4.79 Å². The summed E-state index contributed by atoms with van der Waals surface area (Å²) in [5, 5.41) is 12.2. The van der Waals surface area contributed by atoms with Gasteiger partial charge in [-0.2, -0.15) is 0 Å². The van der Waals surface area contributed by atoms with E-state index in [1.165, 1.54) is 4.90 Å². The van der Waals surface area contributed by atoms with Gasteiger partial charge in [0, 0.05) is 24.9 Å². The van der Waals surface area contributed by atoms with E-state index in [9.17, 15) is 19.5 Å². The topological polar surface area (TPSA) is 95.9 Å². The molecule has 0 spiro atoms. The van der Waals surface area contributed by atoms with E-state index in [0.29, 0.717) is 19.4 Å². The third-order valence-electron chi connectivity index (χ3n) is 6.70. The molecule has 1 fully saturated rings. The minimum atomic E-state index is -0.980. The molecule has 1 saturated heterocycles. The van der Waals surface area contributed by atoms with E-state index in [1.54, 1.807) is 0 Å². The maximum absolute atomic E-state index is 12.8. The standard InChI is InChI=1S/C26H30N2O5/c1-16(2)22(14-24(29)28-13-7-12-23(28)25(30)31)27-26(32)33-15-21-19-10-5-3-8-17(19)18-9-4-6-11-20(18)21/h3-6,8-11,16,21-23H,7,12-15H2,1-2H3,(H,27,32)(H,30,31)/t22-,23?/m1/s1. The van der Waals surface area contributed by atoms with Crippen molar-refractivity contribution >= 4 is 18.0 Å². The fourth-order valence-corrected chi connectivity index (χ4v) is 4.87. The van der Waals surface area contributed by atoms with Crippen molar-refractivity contribution in [3.05, 3.63) is 59.7 Å². The highest BCUT2D eigenvalue weighted by molar-refractivity contribution is 5.85. The summed E-state index contributed by atoms with van der Waals surface area (Å²) in [6.45, 7) is 4.47. The van der Waals surface area contributed by atoms with Gasteiger partial charge in [-0.05, 0) is 41.0 Å². The quantitative estimate of drug-likeness (QED) is 0.664. The van der Waals surface area contributed by atoms with E-state index < -0.39 is 24.1 Å². The molecule has 2 aromatic carbocycles. The van der Waals surface area contributed by atoms with Gasteiger partial charge in [0.15, 0.2) is 0 Å². The van der Waals surface area contributed by atoms with Gasteiger partial charge in [-0.15, -0.1) is 0 Å². The van der Waals surface area contributed by atoms with Crippen LogP contribution in [-0.2, 0) is 14.3 Å². The van der Waals surface area contributed by atoms with Crippen molar-refractivity contribution < 1.29 is 24.2 Å². The van der Waals surface area contributed by atoms with Crippen LogP contribution in [0.5, 0.6) is 0 Å². The van der Waals surface area contributed by atoms with Gasteiger partial charge in [0.05, 0.1) is 0 Å². The lowest BCUT2D eigenvalue weighted by atomic mass is 9.98. The third-order valence-corrected chi connectivity index (χ3v) is 6.70. The number of carboxylic acid groups (broad SMARTS) is 1. The van der Waals surface area contributed by atoms with Crippen LogP contribution in [0.25, 0.3) is 11.1 Å². The summed E-state index contributed by atoms with van der Waals surface area (Å²) >= 11 is 0. The Morgan fingerprint density at radius 1 is 1.06 bits per heavy atom. The fourth-order valence-electron chi connectivity index (χ4n) is 4.87. The molecule has 7 heteroatoms. The number of nitrogens with one attached hydrogen (secondary N) is 1. The van der Waals surface area contributed by atoms with Crippen LogP contribution in [0.1, 0.15) is 50.2 Å². The number of carbonyl (C=O) groups is 3. The first-order chi connectivity index (χ1) is 15.9. The second-order valence-electron chi connectivity index (χ2n) is 9.11. The van der Waals surface area contributed by atoms with Crippen molar-refractivity contribution in [3.8, 4) is 11.1 Å². The summed E-state index contributed by atoms with van der Waals surface area (Å²) in [4.78, 5) is 38.3. The fraction of sp³-hybridized carbons (Fsp3) is 0.423. The Morgan fingerprint density at radius 2 is 1.67 bits per heavy atom. The van der Waals surface area contributed by atoms with E-state index in [1.807, 2.05) is 38.1 Å². The number of hydrogen-bond acceptors (Lipinski definition) is 4. The average molecular weight is 451 g/mol. The Hall–Kier alpha value is -3.35. The van der Waals surface area contributed by atoms with Gasteiger partial charge in [0.25, 0.3) is 0 Å². The summed E-state index contributed by atoms with van der Waals surface area (Å²) in [6.07, 6.45) is 0.618. The lowest BCUT2D eigenvalue weighted by molar-refractivity contribution is -0.148. The number of rotatable bonds is 7. The lowest BCUT2D eigenvalue weighted by Crippen LogP contribution is -2.46. The molecule has 7 nitrogen and oxygen atoms in total. The van der Waals surface area contributed by atoms with Crippen molar-refractivity contribution in [3.63, 3.8) is 0 Å². The number of carboxylic acids is 1. The van der Waals surface area contributed by atoms with Gasteiger partial charge in [0.2, 0.25) is 5.91 Å². The average Bonchev–Trinajstić information content (AvgIpc) is 3.41. The molecule has 33 heavy (non-hydrogen) atoms. The van der Waals surface area contributed by atoms with Crippen LogP contribution in [0.4, 0.5) is 4.79 Å². The van der Waals surface area contributed by atoms with E-state index in [4.69, 9.17) is 4.74 Å². The van der Waals surface area contributed by atoms with Crippen molar-refractivity contribution in [2.75, 3.05) is 13.2 Å². The minimum absolute atomic E-state index is 0.0136. The zero-order valence-corrected chi connectivity index (χ0v) is 19.0. The summed E-state index contributed by atoms with van der Waals surface area (Å²) in [5.74, 6) is -1.28. The van der Waals surface area contributed by atoms with Crippen LogP contribution in [0.15, 0.2) is 48.5 Å². The second kappa shape index (κ2) is 9.65. The Balaban J connectivity index is 1.38. The van der Waals surface area contributed by atoms with Crippen molar-refractivity contribution in [2.45, 2.75) is 51.1 Å². The molecule has 0 aromatic heterocycles. The molecule has 0 radical (unpaired) electrons. The molecule has 1 heterocycles. The van der Waals surface area contributed by atoms with Crippen molar-refractivity contribution in [1.29, 1.82) is 0 Å². The van der Waals surface area contributed by atoms with Gasteiger partial charge >= 0.3 is 12.1 Å². The van der Waals surface area contributed by atoms with Crippen LogP contribution in [-0.4, -0.2) is 53.2 Å². The zero-order valence-electron chi connectivity index (χ0n) is 19.0. The van der Waals surface area contributed by atoms with Gasteiger partial charge < -0.3 is 20.1 Å². The van der Waals surface area contributed by atoms with Crippen molar-refractivity contribution in [1.82, 2.24) is 10.2 Å². The first-order valence-electron chi connectivity index (χ1n) is 11.5. The van der Waals surface area contributed by atoms with E-state index in [-0.39, 0.29) is 30.8 Å². The van der Waals surface area contributed by atoms with Crippen molar-refractivity contribution in [2.24, 2.45) is 5.92 Å². The number of amides is 2. The summed E-state index contributed by atoms with van der Waals surface area (Å²) < 4.78 is 5.62. The highest BCUT2D eigenvalue weighted by Gasteiger charge is 2.35. The molecule has 4 rings (SSSR count). The Morgan fingerprint density at radius 3 is 2.24 bits per heavy atom. The molecule has 2 aromatic rings. The molecule has 0 saturated carbocycles. The number of carbonyl (C=O) groups excluding carboxylic acids is 2. The van der Waals surface area contributed by atoms with Gasteiger partial charge in [-0.25, -0.2) is 9.59 Å². The normalized spacial score (nSPS) is 18.0. The molecular formula is C26H30N2O5. The van der Waals surface area contributed by atoms with Crippen LogP contribution in [0.2, 0.25) is 0 Å². The number of benzene rings is 2. The molecular weight excluding hydrogens is 420 g/mol. The molecule has 0 bridgehead atoms. The van der Waals surface area contributed by atoms with Crippen LogP contribution in [0, 0.1) is 5.92 Å². The monoisotopic (exact) mass is 450 g/mol. The summed E-state index contributed by atoms with van der Waals surface area (Å²) in [6, 6.07) is 15.0. The highest BCUT2D eigenvalue weighted by Crippen LogP contribution is 2.44. The maximum atomic E-state index is 12.8. The SMILES string of the molecule is CC(C)[C@@H](CC(=O)N1CCCC1C(=O)O)NC(=O)OCC1c2ccccc2-c2ccccc21. The largest absolute Gasteiger partial charge is 0.480 e. The molecule has 2 N–H and O–H groups in total. The smallest absolute Gasteiger partial charge is 0.407 e. The highest BCUT2D eigenvalue weighted by atomic mass is 16.5. The number of likely N-dealkylation sites (tertiary alicyclic amines) is 1. The molecule has 1 aliphatic carbocycles. The number of ether oxygens (including phenoxy) is 1. The summed E-state index contributed by atoms with van der Waals surface area (Å²) in [7, 11) is 0. The molecule has 174 valence electrons. The Bertz CT molecular complexity index is 1000. The number of nitrogens with zero attached hydrogens (tertiary/aromatic N) is 1. The number of hydrogen-bond donors (Lipinski definition) is 2. The molecule has 2 amide bonds. The van der Waals surface area contributed by atoms with E-state index >= 15 is 0 Å². The second-order valence-corrected chi connectivity index (χ2v) is 9.11. The first kappa shape index (κ1) is 22.8. The number of fused-ring (bicyclic) bond motifs is 3. The number of aliphatic carboxylic acids is 1. The predicted molar refractivity (Wildman–Crippen MR) is 124 cm³/mol. The Kier molecular flexibility index (Phi) is 6.67. The molecule has 1 unspecified atom stereocenters. The molecule has 2 aliphatic rings. The van der Waals surface area contributed by atoms with E-state index in [0.717, 1.165) is 22.3 Å². The summed E-state index contributed by atoms with van der Waals surface area (Å²) in [5.41, 5.74) is 4.59. The predicted octanol–water partition coefficient (Wildman–Crippen LogP) is 4.02. The minimum Gasteiger partial charge on any atom is -0.480 e. The van der Waals surface area contributed by atoms with Gasteiger partial charge in [-0.1, -0.05) is 62.4 Å². The van der Waals surface area contributed by atoms with E-state index in [2.05, 4.69) is 29.6 Å². The van der Waals surface area contributed by atoms with Gasteiger partial charge in [0.1, 0.15) is 12.6 Å². The van der Waals surface area contributed by atoms with Crippen LogP contribution < -0.4 is 5.32 Å². The number of alkyl carbamates (subject to hydrolysis) is 1. The molecule has 2 atom stereocenters. The first-order valence-corrected chi connectivity index (χ1v) is 11.5. The lowest BCUT2D eigenvalue weighted by Gasteiger charge is -2.27. The third kappa shape index (κ3) is 4.72. The Labute approximate surface area is 193 Å². The van der Waals surface area contributed by atoms with Crippen LogP contribution >= 0.6 is 0 Å². The maximum Gasteiger partial charge on any atom is 0.407 e. The molecule has 1 aliphatic heterocycles. The van der Waals surface area contributed by atoms with Crippen LogP contribution in [0.3, 0.4) is 0 Å². The zero-order chi connectivity index (χ0) is 23.5.